The molecule has 3 unspecified atom stereocenters. The zero-order valence-electron chi connectivity index (χ0n) is 8.49. The first-order chi connectivity index (χ1) is 6.74. The SMILES string of the molecule is CC(CC#N)NC(=O)C1C2CCCC21. The lowest BCUT2D eigenvalue weighted by atomic mass is 10.1. The van der Waals surface area contributed by atoms with E-state index in [1.807, 2.05) is 6.92 Å². The fraction of sp³-hybridized carbons (Fsp3) is 0.818. The lowest BCUT2D eigenvalue weighted by Gasteiger charge is -2.10. The molecule has 0 heterocycles. The van der Waals surface area contributed by atoms with Gasteiger partial charge in [0.1, 0.15) is 0 Å². The summed E-state index contributed by atoms with van der Waals surface area (Å²) in [6.45, 7) is 1.89. The molecule has 0 saturated heterocycles. The van der Waals surface area contributed by atoms with Crippen LogP contribution in [0.1, 0.15) is 32.6 Å². The molecule has 3 atom stereocenters. The van der Waals surface area contributed by atoms with E-state index in [9.17, 15) is 4.79 Å². The minimum absolute atomic E-state index is 0.00817. The lowest BCUT2D eigenvalue weighted by molar-refractivity contribution is -0.123. The van der Waals surface area contributed by atoms with Crippen molar-refractivity contribution in [3.63, 3.8) is 0 Å². The Labute approximate surface area is 84.5 Å². The first kappa shape index (κ1) is 9.51. The van der Waals surface area contributed by atoms with Gasteiger partial charge in [0.2, 0.25) is 5.91 Å². The van der Waals surface area contributed by atoms with Gasteiger partial charge in [-0.05, 0) is 31.6 Å². The summed E-state index contributed by atoms with van der Waals surface area (Å²) in [6.07, 6.45) is 4.17. The number of carbonyl (C=O) groups excluding carboxylic acids is 1. The molecule has 2 aliphatic rings. The van der Waals surface area contributed by atoms with E-state index < -0.39 is 0 Å². The number of carbonyl (C=O) groups is 1. The van der Waals surface area contributed by atoms with Gasteiger partial charge >= 0.3 is 0 Å². The van der Waals surface area contributed by atoms with Crippen molar-refractivity contribution < 1.29 is 4.79 Å². The van der Waals surface area contributed by atoms with E-state index in [1.165, 1.54) is 19.3 Å². The Balaban J connectivity index is 1.78. The van der Waals surface area contributed by atoms with Gasteiger partial charge in [0, 0.05) is 12.0 Å². The molecule has 0 spiro atoms. The topological polar surface area (TPSA) is 52.9 Å². The van der Waals surface area contributed by atoms with Crippen LogP contribution in [0.15, 0.2) is 0 Å². The number of hydrogen-bond donors (Lipinski definition) is 1. The van der Waals surface area contributed by atoms with Crippen LogP contribution >= 0.6 is 0 Å². The van der Waals surface area contributed by atoms with E-state index in [0.29, 0.717) is 18.3 Å². The van der Waals surface area contributed by atoms with E-state index in [1.54, 1.807) is 0 Å². The Morgan fingerprint density at radius 2 is 2.21 bits per heavy atom. The molecular weight excluding hydrogens is 176 g/mol. The maximum atomic E-state index is 11.7. The highest BCUT2D eigenvalue weighted by Gasteiger charge is 2.56. The summed E-state index contributed by atoms with van der Waals surface area (Å²) in [6, 6.07) is 2.08. The second-order valence-corrected chi connectivity index (χ2v) is 4.56. The zero-order valence-corrected chi connectivity index (χ0v) is 8.49. The average Bonchev–Trinajstić information content (AvgIpc) is 2.61. The fourth-order valence-electron chi connectivity index (χ4n) is 2.74. The molecule has 2 fully saturated rings. The molecule has 3 heteroatoms. The van der Waals surface area contributed by atoms with Crippen molar-refractivity contribution in [1.82, 2.24) is 5.32 Å². The van der Waals surface area contributed by atoms with Crippen molar-refractivity contribution in [3.8, 4) is 6.07 Å². The van der Waals surface area contributed by atoms with E-state index in [4.69, 9.17) is 5.26 Å². The Bertz CT molecular complexity index is 272. The largest absolute Gasteiger partial charge is 0.352 e. The highest BCUT2D eigenvalue weighted by atomic mass is 16.2. The van der Waals surface area contributed by atoms with Crippen LogP contribution in [0.5, 0.6) is 0 Å². The standard InChI is InChI=1S/C11H16N2O/c1-7(5-6-12)13-11(14)10-8-3-2-4-9(8)10/h7-10H,2-5H2,1H3,(H,13,14). The minimum atomic E-state index is 0.00817. The van der Waals surface area contributed by atoms with Crippen LogP contribution in [-0.2, 0) is 4.79 Å². The summed E-state index contributed by atoms with van der Waals surface area (Å²) in [4.78, 5) is 11.7. The Hall–Kier alpha value is -1.04. The number of nitriles is 1. The number of nitrogens with zero attached hydrogens (tertiary/aromatic N) is 1. The summed E-state index contributed by atoms with van der Waals surface area (Å²) in [7, 11) is 0. The molecule has 0 aliphatic heterocycles. The molecular formula is C11H16N2O. The fourth-order valence-corrected chi connectivity index (χ4v) is 2.74. The number of hydrogen-bond acceptors (Lipinski definition) is 2. The van der Waals surface area contributed by atoms with Crippen LogP contribution in [0.2, 0.25) is 0 Å². The Kier molecular flexibility index (Phi) is 2.45. The number of amides is 1. The molecule has 0 aromatic carbocycles. The Morgan fingerprint density at radius 3 is 2.79 bits per heavy atom. The van der Waals surface area contributed by atoms with E-state index in [-0.39, 0.29) is 17.9 Å². The minimum Gasteiger partial charge on any atom is -0.352 e. The van der Waals surface area contributed by atoms with E-state index in [0.717, 1.165) is 0 Å². The average molecular weight is 192 g/mol. The van der Waals surface area contributed by atoms with Gasteiger partial charge in [-0.2, -0.15) is 5.26 Å². The van der Waals surface area contributed by atoms with Gasteiger partial charge in [0.15, 0.2) is 0 Å². The van der Waals surface area contributed by atoms with Crippen LogP contribution in [0.3, 0.4) is 0 Å². The van der Waals surface area contributed by atoms with Gasteiger partial charge in [-0.15, -0.1) is 0 Å². The van der Waals surface area contributed by atoms with Crippen LogP contribution in [0.25, 0.3) is 0 Å². The third-order valence-corrected chi connectivity index (χ3v) is 3.50. The van der Waals surface area contributed by atoms with Gasteiger partial charge in [-0.3, -0.25) is 4.79 Å². The molecule has 0 radical (unpaired) electrons. The van der Waals surface area contributed by atoms with Crippen molar-refractivity contribution in [3.05, 3.63) is 0 Å². The molecule has 1 N–H and O–H groups in total. The summed E-state index contributed by atoms with van der Waals surface area (Å²) in [5.41, 5.74) is 0. The third-order valence-electron chi connectivity index (χ3n) is 3.50. The predicted molar refractivity (Wildman–Crippen MR) is 52.2 cm³/mol. The van der Waals surface area contributed by atoms with Gasteiger partial charge in [-0.1, -0.05) is 6.42 Å². The van der Waals surface area contributed by atoms with Crippen molar-refractivity contribution >= 4 is 5.91 Å². The summed E-state index contributed by atoms with van der Waals surface area (Å²) >= 11 is 0. The van der Waals surface area contributed by atoms with Crippen molar-refractivity contribution in [2.24, 2.45) is 17.8 Å². The molecule has 2 rings (SSSR count). The highest BCUT2D eigenvalue weighted by molar-refractivity contribution is 5.82. The molecule has 0 aromatic rings. The summed E-state index contributed by atoms with van der Waals surface area (Å²) < 4.78 is 0. The van der Waals surface area contributed by atoms with Crippen molar-refractivity contribution in [2.75, 3.05) is 0 Å². The zero-order chi connectivity index (χ0) is 10.1. The second-order valence-electron chi connectivity index (χ2n) is 4.56. The lowest BCUT2D eigenvalue weighted by Crippen LogP contribution is -2.34. The highest BCUT2D eigenvalue weighted by Crippen LogP contribution is 2.57. The third kappa shape index (κ3) is 1.61. The summed E-state index contributed by atoms with van der Waals surface area (Å²) in [5.74, 6) is 1.81. The molecule has 76 valence electrons. The molecule has 3 nitrogen and oxygen atoms in total. The first-order valence-corrected chi connectivity index (χ1v) is 5.41. The van der Waals surface area contributed by atoms with Crippen molar-refractivity contribution in [1.29, 1.82) is 5.26 Å². The molecule has 14 heavy (non-hydrogen) atoms. The van der Waals surface area contributed by atoms with Gasteiger partial charge in [-0.25, -0.2) is 0 Å². The number of rotatable bonds is 3. The van der Waals surface area contributed by atoms with Crippen molar-refractivity contribution in [2.45, 2.75) is 38.6 Å². The number of fused-ring (bicyclic) bond motifs is 1. The first-order valence-electron chi connectivity index (χ1n) is 5.41. The number of nitrogens with one attached hydrogen (secondary N) is 1. The molecule has 1 amide bonds. The monoisotopic (exact) mass is 192 g/mol. The van der Waals surface area contributed by atoms with Gasteiger partial charge in [0.05, 0.1) is 12.5 Å². The van der Waals surface area contributed by atoms with Crippen LogP contribution in [0, 0.1) is 29.1 Å². The molecule has 0 aromatic heterocycles. The summed E-state index contributed by atoms with van der Waals surface area (Å²) in [5, 5.41) is 11.4. The van der Waals surface area contributed by atoms with E-state index >= 15 is 0 Å². The maximum absolute atomic E-state index is 11.7. The molecule has 2 aliphatic carbocycles. The maximum Gasteiger partial charge on any atom is 0.223 e. The van der Waals surface area contributed by atoms with Gasteiger partial charge < -0.3 is 5.32 Å². The smallest absolute Gasteiger partial charge is 0.223 e. The normalized spacial score (nSPS) is 35.6. The molecule has 2 saturated carbocycles. The van der Waals surface area contributed by atoms with Crippen LogP contribution in [0.4, 0.5) is 0 Å². The quantitative estimate of drug-likeness (QED) is 0.735. The Morgan fingerprint density at radius 1 is 1.57 bits per heavy atom. The molecule has 0 bridgehead atoms. The van der Waals surface area contributed by atoms with Gasteiger partial charge in [0.25, 0.3) is 0 Å². The second kappa shape index (κ2) is 3.61. The predicted octanol–water partition coefficient (Wildman–Crippen LogP) is 1.45. The van der Waals surface area contributed by atoms with Crippen LogP contribution < -0.4 is 5.32 Å². The van der Waals surface area contributed by atoms with Crippen LogP contribution in [-0.4, -0.2) is 11.9 Å². The van der Waals surface area contributed by atoms with E-state index in [2.05, 4.69) is 11.4 Å².